The van der Waals surface area contributed by atoms with Crippen LogP contribution in [0.5, 0.6) is 0 Å². The lowest BCUT2D eigenvalue weighted by molar-refractivity contribution is -0.459. The first-order valence-electron chi connectivity index (χ1n) is 9.10. The fraction of sp³-hybridized carbons (Fsp3) is 0.933. The molecule has 0 aromatic carbocycles. The smallest absolute Gasteiger partial charge is 0.377 e. The highest BCUT2D eigenvalue weighted by atomic mass is 32.2. The quantitative estimate of drug-likeness (QED) is 0.123. The Morgan fingerprint density at radius 1 is 0.579 bits per heavy atom. The molecule has 228 valence electrons. The number of hydrogen-bond acceptors (Lipinski definition) is 5. The van der Waals surface area contributed by atoms with Gasteiger partial charge < -0.3 is 13.3 Å². The van der Waals surface area contributed by atoms with E-state index in [9.17, 15) is 79.4 Å². The summed E-state index contributed by atoms with van der Waals surface area (Å²) < 4.78 is 239. The van der Waals surface area contributed by atoms with Crippen LogP contribution in [-0.2, 0) is 18.1 Å². The SMILES string of the molecule is CO[Si](CCCSC(=O)C(F)(F)C(F)(F)C(F)(F)C(F)(F)C(F)(F)C(F)(F)C(F)(F)C(F)(F)F)(OC)OC. The third-order valence-corrected chi connectivity index (χ3v) is 8.62. The molecule has 0 atom stereocenters. The minimum atomic E-state index is -8.74. The second-order valence-corrected chi connectivity index (χ2v) is 11.2. The molecule has 0 unspecified atom stereocenters. The maximum Gasteiger partial charge on any atom is 0.500 e. The summed E-state index contributed by atoms with van der Waals surface area (Å²) in [6, 6.07) is -0.346. The standard InChI is InChI=1S/C15H15F17O4SSi/c1-34-38(35-2,36-3)6-4-5-37-7(33)8(16,17)9(18,19)10(20,21)11(22,23)12(24,25)13(26,27)14(28,29)15(30,31)32/h4-6H2,1-3H3. The van der Waals surface area contributed by atoms with Gasteiger partial charge in [0.25, 0.3) is 5.12 Å². The van der Waals surface area contributed by atoms with Gasteiger partial charge in [0.05, 0.1) is 0 Å². The number of alkyl halides is 17. The molecule has 0 aliphatic carbocycles. The summed E-state index contributed by atoms with van der Waals surface area (Å²) in [5.74, 6) is -59.0. The number of thioether (sulfide) groups is 1. The van der Waals surface area contributed by atoms with Gasteiger partial charge in [0.15, 0.2) is 0 Å². The lowest BCUT2D eigenvalue weighted by Crippen LogP contribution is -2.74. The molecular formula is C15H15F17O4SSi. The Morgan fingerprint density at radius 3 is 1.21 bits per heavy atom. The highest BCUT2D eigenvalue weighted by Crippen LogP contribution is 2.64. The van der Waals surface area contributed by atoms with Crippen LogP contribution in [0.3, 0.4) is 0 Å². The second-order valence-electron chi connectivity index (χ2n) is 7.05. The number of carbonyl (C=O) groups excluding carboxylic acids is 1. The van der Waals surface area contributed by atoms with Gasteiger partial charge >= 0.3 is 56.4 Å². The molecule has 0 aromatic rings. The second kappa shape index (κ2) is 11.1. The predicted octanol–water partition coefficient (Wildman–Crippen LogP) is 6.52. The summed E-state index contributed by atoms with van der Waals surface area (Å²) in [6.45, 7) is 0. The van der Waals surface area contributed by atoms with E-state index in [0.29, 0.717) is 0 Å². The Kier molecular flexibility index (Phi) is 10.8. The zero-order valence-electron chi connectivity index (χ0n) is 18.6. The average Bonchev–Trinajstić information content (AvgIpc) is 2.77. The van der Waals surface area contributed by atoms with Crippen molar-refractivity contribution in [2.45, 2.75) is 60.1 Å². The van der Waals surface area contributed by atoms with E-state index in [1.165, 1.54) is 0 Å². The van der Waals surface area contributed by atoms with E-state index in [2.05, 4.69) is 0 Å². The highest BCUT2D eigenvalue weighted by Gasteiger charge is 2.95. The first-order valence-corrected chi connectivity index (χ1v) is 12.0. The Bertz CT molecular complexity index is 820. The van der Waals surface area contributed by atoms with Gasteiger partial charge in [-0.05, 0) is 6.42 Å². The molecule has 0 N–H and O–H groups in total. The largest absolute Gasteiger partial charge is 0.500 e. The van der Waals surface area contributed by atoms with E-state index in [1.54, 1.807) is 0 Å². The van der Waals surface area contributed by atoms with Crippen molar-refractivity contribution < 1.29 is 92.7 Å². The van der Waals surface area contributed by atoms with Crippen molar-refractivity contribution in [1.82, 2.24) is 0 Å². The number of hydrogen-bond donors (Lipinski definition) is 0. The van der Waals surface area contributed by atoms with Crippen molar-refractivity contribution in [3.05, 3.63) is 0 Å². The number of rotatable bonds is 14. The minimum Gasteiger partial charge on any atom is -0.377 e. The molecule has 0 aromatic heterocycles. The molecule has 0 fully saturated rings. The maximum absolute atomic E-state index is 13.8. The van der Waals surface area contributed by atoms with Crippen LogP contribution in [0.4, 0.5) is 74.6 Å². The topological polar surface area (TPSA) is 44.8 Å². The van der Waals surface area contributed by atoms with Crippen molar-refractivity contribution in [2.75, 3.05) is 27.1 Å². The first kappa shape index (κ1) is 36.9. The van der Waals surface area contributed by atoms with Crippen LogP contribution in [0.1, 0.15) is 6.42 Å². The molecule has 0 aliphatic heterocycles. The van der Waals surface area contributed by atoms with Crippen LogP contribution in [0.15, 0.2) is 0 Å². The van der Waals surface area contributed by atoms with E-state index in [1.807, 2.05) is 0 Å². The van der Waals surface area contributed by atoms with E-state index in [0.717, 1.165) is 21.3 Å². The van der Waals surface area contributed by atoms with Gasteiger partial charge in [-0.2, -0.15) is 74.6 Å². The summed E-state index contributed by atoms with van der Waals surface area (Å²) >= 11 is -0.966. The van der Waals surface area contributed by atoms with Crippen LogP contribution in [0.2, 0.25) is 6.04 Å². The van der Waals surface area contributed by atoms with Gasteiger partial charge in [-0.25, -0.2) is 0 Å². The zero-order valence-corrected chi connectivity index (χ0v) is 20.4. The number of halogens is 17. The van der Waals surface area contributed by atoms with Crippen molar-refractivity contribution >= 4 is 25.7 Å². The molecule has 0 aliphatic rings. The Hall–Kier alpha value is -1.07. The molecule has 0 heterocycles. The Morgan fingerprint density at radius 2 is 0.895 bits per heavy atom. The molecule has 4 nitrogen and oxygen atoms in total. The van der Waals surface area contributed by atoms with E-state index in [-0.39, 0.29) is 6.04 Å². The number of carbonyl (C=O) groups is 1. The molecule has 0 bridgehead atoms. The normalized spacial score (nSPS) is 15.7. The van der Waals surface area contributed by atoms with E-state index in [4.69, 9.17) is 13.3 Å². The molecule has 0 amide bonds. The molecule has 23 heteroatoms. The Labute approximate surface area is 206 Å². The van der Waals surface area contributed by atoms with Crippen LogP contribution in [0.25, 0.3) is 0 Å². The minimum absolute atomic E-state index is 0.346. The molecule has 0 radical (unpaired) electrons. The van der Waals surface area contributed by atoms with Gasteiger partial charge in [-0.15, -0.1) is 0 Å². The maximum atomic E-state index is 13.8. The summed E-state index contributed by atoms with van der Waals surface area (Å²) in [4.78, 5) is 11.4. The average molecular weight is 642 g/mol. The Balaban J connectivity index is 6.21. The van der Waals surface area contributed by atoms with E-state index < -0.39 is 85.5 Å². The summed E-state index contributed by atoms with van der Waals surface area (Å²) in [6.07, 6.45) is -8.34. The lowest BCUT2D eigenvalue weighted by atomic mass is 9.89. The monoisotopic (exact) mass is 642 g/mol. The molecule has 38 heavy (non-hydrogen) atoms. The van der Waals surface area contributed by atoms with E-state index >= 15 is 0 Å². The summed E-state index contributed by atoms with van der Waals surface area (Å²) in [7, 11) is -0.350. The lowest BCUT2D eigenvalue weighted by Gasteiger charge is -2.42. The van der Waals surface area contributed by atoms with Gasteiger partial charge in [0, 0.05) is 33.1 Å². The van der Waals surface area contributed by atoms with Gasteiger partial charge in [0.1, 0.15) is 0 Å². The molecule has 0 spiro atoms. The molecule has 0 saturated carbocycles. The van der Waals surface area contributed by atoms with Gasteiger partial charge in [0.2, 0.25) is 0 Å². The van der Waals surface area contributed by atoms with Crippen LogP contribution in [0, 0.1) is 0 Å². The fourth-order valence-corrected chi connectivity index (χ4v) is 5.15. The van der Waals surface area contributed by atoms with Gasteiger partial charge in [-0.3, -0.25) is 4.79 Å². The van der Waals surface area contributed by atoms with Crippen molar-refractivity contribution in [3.8, 4) is 0 Å². The first-order chi connectivity index (χ1) is 16.6. The third kappa shape index (κ3) is 5.57. The molecule has 0 rings (SSSR count). The third-order valence-electron chi connectivity index (χ3n) is 4.77. The van der Waals surface area contributed by atoms with Crippen molar-refractivity contribution in [3.63, 3.8) is 0 Å². The van der Waals surface area contributed by atoms with Crippen LogP contribution in [-0.4, -0.2) is 88.6 Å². The van der Waals surface area contributed by atoms with Crippen LogP contribution < -0.4 is 0 Å². The van der Waals surface area contributed by atoms with Crippen LogP contribution >= 0.6 is 11.8 Å². The fourth-order valence-electron chi connectivity index (χ4n) is 2.39. The summed E-state index contributed by atoms with van der Waals surface area (Å²) in [5, 5.41) is -3.41. The van der Waals surface area contributed by atoms with Gasteiger partial charge in [-0.1, -0.05) is 11.8 Å². The molecule has 0 saturated heterocycles. The van der Waals surface area contributed by atoms with Crippen molar-refractivity contribution in [2.24, 2.45) is 0 Å². The molecular weight excluding hydrogens is 627 g/mol. The zero-order chi connectivity index (χ0) is 31.0. The van der Waals surface area contributed by atoms with Crippen molar-refractivity contribution in [1.29, 1.82) is 0 Å². The summed E-state index contributed by atoms with van der Waals surface area (Å²) in [5.41, 5.74) is 0. The highest BCUT2D eigenvalue weighted by molar-refractivity contribution is 8.13. The predicted molar refractivity (Wildman–Crippen MR) is 94.4 cm³/mol.